The van der Waals surface area contributed by atoms with Gasteiger partial charge in [-0.1, -0.05) is 36.4 Å². The highest BCUT2D eigenvalue weighted by Gasteiger charge is 2.12. The Labute approximate surface area is 159 Å². The summed E-state index contributed by atoms with van der Waals surface area (Å²) in [7, 11) is 1.62. The summed E-state index contributed by atoms with van der Waals surface area (Å²) >= 11 is 0. The summed E-state index contributed by atoms with van der Waals surface area (Å²) in [6, 6.07) is 19.6. The van der Waals surface area contributed by atoms with Crippen LogP contribution < -0.4 is 15.0 Å². The van der Waals surface area contributed by atoms with E-state index >= 15 is 0 Å². The Kier molecular flexibility index (Phi) is 6.05. The summed E-state index contributed by atoms with van der Waals surface area (Å²) in [5, 5.41) is 2.94. The van der Waals surface area contributed by atoms with Gasteiger partial charge in [-0.2, -0.15) is 0 Å². The molecule has 0 bridgehead atoms. The van der Waals surface area contributed by atoms with E-state index in [1.165, 1.54) is 0 Å². The second-order valence-corrected chi connectivity index (χ2v) is 6.01. The van der Waals surface area contributed by atoms with Crippen molar-refractivity contribution in [2.24, 2.45) is 0 Å². The zero-order chi connectivity index (χ0) is 19.1. The smallest absolute Gasteiger partial charge is 0.253 e. The van der Waals surface area contributed by atoms with Crippen LogP contribution in [0.4, 0.5) is 11.4 Å². The normalized spacial score (nSPS) is 10.3. The maximum atomic E-state index is 12.6. The molecule has 0 saturated carbocycles. The largest absolute Gasteiger partial charge is 0.496 e. The van der Waals surface area contributed by atoms with Crippen LogP contribution in [-0.2, 0) is 6.54 Å². The van der Waals surface area contributed by atoms with Gasteiger partial charge in [-0.05, 0) is 31.2 Å². The van der Waals surface area contributed by atoms with Crippen LogP contribution in [0.3, 0.4) is 0 Å². The molecule has 0 spiro atoms. The summed E-state index contributed by atoms with van der Waals surface area (Å²) in [5.41, 5.74) is 3.40. The zero-order valence-electron chi connectivity index (χ0n) is 15.6. The number of anilines is 2. The van der Waals surface area contributed by atoms with Gasteiger partial charge >= 0.3 is 0 Å². The van der Waals surface area contributed by atoms with Crippen molar-refractivity contribution in [1.82, 2.24) is 10.3 Å². The van der Waals surface area contributed by atoms with Gasteiger partial charge in [0, 0.05) is 30.5 Å². The number of pyridine rings is 1. The van der Waals surface area contributed by atoms with Crippen LogP contribution in [0, 0.1) is 0 Å². The van der Waals surface area contributed by atoms with E-state index in [1.807, 2.05) is 60.7 Å². The van der Waals surface area contributed by atoms with Crippen molar-refractivity contribution in [3.05, 3.63) is 84.2 Å². The fourth-order valence-corrected chi connectivity index (χ4v) is 2.95. The summed E-state index contributed by atoms with van der Waals surface area (Å²) in [4.78, 5) is 19.0. The van der Waals surface area contributed by atoms with Gasteiger partial charge in [-0.15, -0.1) is 0 Å². The van der Waals surface area contributed by atoms with Crippen molar-refractivity contribution < 1.29 is 9.53 Å². The topological polar surface area (TPSA) is 54.5 Å². The van der Waals surface area contributed by atoms with E-state index in [2.05, 4.69) is 22.1 Å². The molecule has 1 N–H and O–H groups in total. The van der Waals surface area contributed by atoms with Gasteiger partial charge in [0.15, 0.2) is 0 Å². The number of rotatable bonds is 7. The average molecular weight is 361 g/mol. The molecule has 0 atom stereocenters. The number of carbonyl (C=O) groups excluding carboxylic acids is 1. The molecule has 3 aromatic rings. The molecule has 0 fully saturated rings. The Morgan fingerprint density at radius 1 is 1.04 bits per heavy atom. The van der Waals surface area contributed by atoms with Gasteiger partial charge < -0.3 is 15.0 Å². The van der Waals surface area contributed by atoms with Gasteiger partial charge in [0.1, 0.15) is 5.75 Å². The van der Waals surface area contributed by atoms with Gasteiger partial charge in [0.05, 0.1) is 24.6 Å². The number of hydrogen-bond donors (Lipinski definition) is 1. The Balaban J connectivity index is 1.75. The second-order valence-electron chi connectivity index (χ2n) is 6.01. The number of carbonyl (C=O) groups is 1. The van der Waals surface area contributed by atoms with Crippen LogP contribution in [0.15, 0.2) is 73.1 Å². The lowest BCUT2D eigenvalue weighted by Gasteiger charge is -2.23. The van der Waals surface area contributed by atoms with E-state index in [-0.39, 0.29) is 5.91 Å². The first-order chi connectivity index (χ1) is 13.2. The maximum Gasteiger partial charge on any atom is 0.253 e. The number of hydrogen-bond acceptors (Lipinski definition) is 4. The molecular formula is C22H23N3O2. The number of ether oxygens (including phenoxy) is 1. The molecule has 138 valence electrons. The lowest BCUT2D eigenvalue weighted by Crippen LogP contribution is -2.24. The minimum Gasteiger partial charge on any atom is -0.496 e. The quantitative estimate of drug-likeness (QED) is 0.686. The Bertz CT molecular complexity index is 897. The highest BCUT2D eigenvalue weighted by molar-refractivity contribution is 5.95. The van der Waals surface area contributed by atoms with Crippen LogP contribution in [-0.4, -0.2) is 24.5 Å². The average Bonchev–Trinajstić information content (AvgIpc) is 2.74. The molecule has 0 aliphatic heterocycles. The molecule has 27 heavy (non-hydrogen) atoms. The molecule has 0 saturated heterocycles. The molecule has 5 heteroatoms. The van der Waals surface area contributed by atoms with Crippen molar-refractivity contribution in [3.8, 4) is 5.75 Å². The third-order valence-electron chi connectivity index (χ3n) is 4.31. The van der Waals surface area contributed by atoms with Crippen LogP contribution in [0.25, 0.3) is 0 Å². The van der Waals surface area contributed by atoms with Crippen molar-refractivity contribution in [2.75, 3.05) is 18.6 Å². The number of amides is 1. The summed E-state index contributed by atoms with van der Waals surface area (Å²) in [6.07, 6.45) is 3.35. The number of para-hydroxylation sites is 2. The van der Waals surface area contributed by atoms with E-state index in [0.717, 1.165) is 29.2 Å². The first-order valence-corrected chi connectivity index (χ1v) is 8.90. The van der Waals surface area contributed by atoms with E-state index in [9.17, 15) is 4.79 Å². The molecule has 1 aromatic heterocycles. The maximum absolute atomic E-state index is 12.6. The molecular weight excluding hydrogens is 338 g/mol. The number of methoxy groups -OCH3 is 1. The predicted octanol–water partition coefficient (Wildman–Crippen LogP) is 4.18. The Hall–Kier alpha value is -3.34. The third-order valence-corrected chi connectivity index (χ3v) is 4.31. The minimum atomic E-state index is -0.167. The molecule has 0 aliphatic carbocycles. The predicted molar refractivity (Wildman–Crippen MR) is 108 cm³/mol. The fourth-order valence-electron chi connectivity index (χ4n) is 2.95. The zero-order valence-corrected chi connectivity index (χ0v) is 15.6. The summed E-state index contributed by atoms with van der Waals surface area (Å²) in [6.45, 7) is 3.24. The fraction of sp³-hybridized carbons (Fsp3) is 0.182. The molecule has 5 nitrogen and oxygen atoms in total. The lowest BCUT2D eigenvalue weighted by molar-refractivity contribution is 0.0950. The van der Waals surface area contributed by atoms with Crippen LogP contribution in [0.1, 0.15) is 22.8 Å². The number of aromatic nitrogens is 1. The molecule has 0 aliphatic rings. The first-order valence-electron chi connectivity index (χ1n) is 8.90. The van der Waals surface area contributed by atoms with Gasteiger partial charge in [-0.25, -0.2) is 0 Å². The van der Waals surface area contributed by atoms with Gasteiger partial charge in [0.25, 0.3) is 5.91 Å². The van der Waals surface area contributed by atoms with Crippen LogP contribution in [0.2, 0.25) is 0 Å². The molecule has 2 aromatic carbocycles. The van der Waals surface area contributed by atoms with Crippen molar-refractivity contribution in [3.63, 3.8) is 0 Å². The Morgan fingerprint density at radius 2 is 1.78 bits per heavy atom. The Morgan fingerprint density at radius 3 is 2.52 bits per heavy atom. The lowest BCUT2D eigenvalue weighted by atomic mass is 10.2. The number of nitrogens with zero attached hydrogens (tertiary/aromatic N) is 2. The third kappa shape index (κ3) is 4.44. The first kappa shape index (κ1) is 18.5. The van der Waals surface area contributed by atoms with Crippen molar-refractivity contribution >= 4 is 17.3 Å². The second kappa shape index (κ2) is 8.85. The minimum absolute atomic E-state index is 0.167. The van der Waals surface area contributed by atoms with E-state index in [1.54, 1.807) is 19.5 Å². The van der Waals surface area contributed by atoms with Crippen LogP contribution >= 0.6 is 0 Å². The SMILES string of the molecule is CCN(c1ccccc1)c1cncc(C(=O)NCc2ccccc2OC)c1. The molecule has 3 rings (SSSR count). The summed E-state index contributed by atoms with van der Waals surface area (Å²) in [5.74, 6) is 0.588. The standard InChI is InChI=1S/C22H23N3O2/c1-3-25(19-10-5-4-6-11-19)20-13-18(14-23-16-20)22(26)24-15-17-9-7-8-12-21(17)27-2/h4-14,16H,3,15H2,1-2H3,(H,24,26). The van der Waals surface area contributed by atoms with Crippen LogP contribution in [0.5, 0.6) is 5.75 Å². The molecule has 0 radical (unpaired) electrons. The van der Waals surface area contributed by atoms with Gasteiger partial charge in [0.2, 0.25) is 0 Å². The molecule has 1 heterocycles. The van der Waals surface area contributed by atoms with Gasteiger partial charge in [-0.3, -0.25) is 9.78 Å². The number of benzene rings is 2. The van der Waals surface area contributed by atoms with Crippen molar-refractivity contribution in [1.29, 1.82) is 0 Å². The molecule has 1 amide bonds. The highest BCUT2D eigenvalue weighted by atomic mass is 16.5. The summed E-state index contributed by atoms with van der Waals surface area (Å²) < 4.78 is 5.33. The highest BCUT2D eigenvalue weighted by Crippen LogP contribution is 2.25. The monoisotopic (exact) mass is 361 g/mol. The number of nitrogens with one attached hydrogen (secondary N) is 1. The van der Waals surface area contributed by atoms with Crippen molar-refractivity contribution in [2.45, 2.75) is 13.5 Å². The molecule has 0 unspecified atom stereocenters. The van der Waals surface area contributed by atoms with E-state index < -0.39 is 0 Å². The van der Waals surface area contributed by atoms with E-state index in [0.29, 0.717) is 12.1 Å². The van der Waals surface area contributed by atoms with E-state index in [4.69, 9.17) is 4.74 Å².